The molecule has 0 radical (unpaired) electrons. The largest absolute Gasteiger partial charge is 0.357 e. The number of amides is 2. The highest BCUT2D eigenvalue weighted by atomic mass is 16.2. The molecule has 4 rings (SSSR count). The van der Waals surface area contributed by atoms with Crippen LogP contribution in [0.1, 0.15) is 22.2 Å². The van der Waals surface area contributed by atoms with Gasteiger partial charge in [0.05, 0.1) is 25.1 Å². The molecule has 1 atom stereocenters. The molecule has 0 saturated heterocycles. The van der Waals surface area contributed by atoms with E-state index in [1.807, 2.05) is 34.9 Å². The van der Waals surface area contributed by atoms with E-state index in [0.717, 1.165) is 16.6 Å². The molecule has 3 heterocycles. The fourth-order valence-electron chi connectivity index (χ4n) is 3.18. The summed E-state index contributed by atoms with van der Waals surface area (Å²) in [6.07, 6.45) is 3.33. The van der Waals surface area contributed by atoms with Gasteiger partial charge in [0.15, 0.2) is 0 Å². The van der Waals surface area contributed by atoms with Crippen LogP contribution < -0.4 is 5.32 Å². The second kappa shape index (κ2) is 5.52. The SMILES string of the molecule is CNC(=O)[C@H]1CN(C(=O)c2cc3ccccc3[nH]2)Cc2cncn21. The molecule has 2 aromatic heterocycles. The van der Waals surface area contributed by atoms with E-state index in [1.165, 1.54) is 0 Å². The van der Waals surface area contributed by atoms with Crippen LogP contribution in [-0.4, -0.2) is 44.8 Å². The smallest absolute Gasteiger partial charge is 0.270 e. The number of carbonyl (C=O) groups excluding carboxylic acids is 2. The molecule has 3 aromatic rings. The number of likely N-dealkylation sites (N-methyl/N-ethyl adjacent to an activating group) is 1. The Labute approximate surface area is 138 Å². The molecule has 0 fully saturated rings. The first-order valence-corrected chi connectivity index (χ1v) is 7.76. The van der Waals surface area contributed by atoms with Crippen molar-refractivity contribution in [1.29, 1.82) is 0 Å². The van der Waals surface area contributed by atoms with Gasteiger partial charge in [-0.1, -0.05) is 18.2 Å². The van der Waals surface area contributed by atoms with Gasteiger partial charge in [0.1, 0.15) is 11.7 Å². The highest BCUT2D eigenvalue weighted by Crippen LogP contribution is 2.24. The van der Waals surface area contributed by atoms with Crippen molar-refractivity contribution >= 4 is 22.7 Å². The van der Waals surface area contributed by atoms with E-state index >= 15 is 0 Å². The molecular weight excluding hydrogens is 306 g/mol. The Morgan fingerprint density at radius 1 is 1.33 bits per heavy atom. The Balaban J connectivity index is 1.66. The van der Waals surface area contributed by atoms with Crippen molar-refractivity contribution in [2.24, 2.45) is 0 Å². The number of nitrogens with one attached hydrogen (secondary N) is 2. The summed E-state index contributed by atoms with van der Waals surface area (Å²) in [5, 5.41) is 3.64. The van der Waals surface area contributed by atoms with Crippen molar-refractivity contribution < 1.29 is 9.59 Å². The summed E-state index contributed by atoms with van der Waals surface area (Å²) in [5.74, 6) is -0.254. The lowest BCUT2D eigenvalue weighted by molar-refractivity contribution is -0.124. The maximum atomic E-state index is 12.9. The predicted octanol–water partition coefficient (Wildman–Crippen LogP) is 1.31. The van der Waals surface area contributed by atoms with E-state index in [9.17, 15) is 9.59 Å². The van der Waals surface area contributed by atoms with Crippen LogP contribution >= 0.6 is 0 Å². The zero-order valence-corrected chi connectivity index (χ0v) is 13.2. The highest BCUT2D eigenvalue weighted by molar-refractivity contribution is 5.98. The minimum absolute atomic E-state index is 0.118. The van der Waals surface area contributed by atoms with Crippen LogP contribution in [0, 0.1) is 0 Å². The van der Waals surface area contributed by atoms with Crippen LogP contribution in [0.5, 0.6) is 0 Å². The lowest BCUT2D eigenvalue weighted by atomic mass is 10.1. The van der Waals surface area contributed by atoms with E-state index in [2.05, 4.69) is 15.3 Å². The van der Waals surface area contributed by atoms with Crippen LogP contribution in [0.15, 0.2) is 42.9 Å². The number of hydrogen-bond donors (Lipinski definition) is 2. The normalized spacial score (nSPS) is 16.9. The molecule has 1 aliphatic rings. The number of fused-ring (bicyclic) bond motifs is 2. The quantitative estimate of drug-likeness (QED) is 0.746. The van der Waals surface area contributed by atoms with Gasteiger partial charge in [0.2, 0.25) is 5.91 Å². The summed E-state index contributed by atoms with van der Waals surface area (Å²) < 4.78 is 1.83. The molecule has 0 bridgehead atoms. The number of carbonyl (C=O) groups is 2. The van der Waals surface area contributed by atoms with Gasteiger partial charge < -0.3 is 19.8 Å². The summed E-state index contributed by atoms with van der Waals surface area (Å²) in [6, 6.07) is 9.14. The first-order chi connectivity index (χ1) is 11.7. The van der Waals surface area contributed by atoms with Crippen LogP contribution in [0.2, 0.25) is 0 Å². The minimum Gasteiger partial charge on any atom is -0.357 e. The molecule has 0 unspecified atom stereocenters. The third kappa shape index (κ3) is 2.25. The van der Waals surface area contributed by atoms with Gasteiger partial charge in [-0.15, -0.1) is 0 Å². The zero-order chi connectivity index (χ0) is 16.7. The summed E-state index contributed by atoms with van der Waals surface area (Å²) in [5.41, 5.74) is 2.30. The third-order valence-corrected chi connectivity index (χ3v) is 4.42. The van der Waals surface area contributed by atoms with E-state index in [1.54, 1.807) is 24.5 Å². The van der Waals surface area contributed by atoms with Crippen molar-refractivity contribution in [2.75, 3.05) is 13.6 Å². The summed E-state index contributed by atoms with van der Waals surface area (Å²) in [4.78, 5) is 34.0. The van der Waals surface area contributed by atoms with Crippen LogP contribution in [-0.2, 0) is 11.3 Å². The molecule has 1 aliphatic heterocycles. The Morgan fingerprint density at radius 3 is 2.96 bits per heavy atom. The van der Waals surface area contributed by atoms with Crippen molar-refractivity contribution in [1.82, 2.24) is 24.8 Å². The lowest BCUT2D eigenvalue weighted by Crippen LogP contribution is -2.45. The van der Waals surface area contributed by atoms with Crippen molar-refractivity contribution in [3.8, 4) is 0 Å². The molecule has 0 spiro atoms. The number of imidazole rings is 1. The summed E-state index contributed by atoms with van der Waals surface area (Å²) in [7, 11) is 1.59. The highest BCUT2D eigenvalue weighted by Gasteiger charge is 2.32. The van der Waals surface area contributed by atoms with Crippen molar-refractivity contribution in [3.63, 3.8) is 0 Å². The van der Waals surface area contributed by atoms with E-state index in [-0.39, 0.29) is 11.8 Å². The van der Waals surface area contributed by atoms with Crippen LogP contribution in [0.3, 0.4) is 0 Å². The fraction of sp³-hybridized carbons (Fsp3) is 0.235. The Kier molecular flexibility index (Phi) is 3.34. The number of aromatic amines is 1. The standard InChI is InChI=1S/C17H17N5O2/c1-18-16(23)15-9-21(8-12-7-19-10-22(12)15)17(24)14-6-11-4-2-3-5-13(11)20-14/h2-7,10,15,20H,8-9H2,1H3,(H,18,23)/t15-/m1/s1. The average Bonchev–Trinajstić information content (AvgIpc) is 3.25. The van der Waals surface area contributed by atoms with Crippen molar-refractivity contribution in [3.05, 3.63) is 54.2 Å². The third-order valence-electron chi connectivity index (χ3n) is 4.42. The van der Waals surface area contributed by atoms with Gasteiger partial charge in [0.25, 0.3) is 5.91 Å². The molecule has 2 amide bonds. The maximum Gasteiger partial charge on any atom is 0.270 e. The molecule has 7 nitrogen and oxygen atoms in total. The average molecular weight is 323 g/mol. The second-order valence-corrected chi connectivity index (χ2v) is 5.88. The maximum absolute atomic E-state index is 12.9. The number of benzene rings is 1. The van der Waals surface area contributed by atoms with E-state index < -0.39 is 6.04 Å². The number of aromatic nitrogens is 3. The van der Waals surface area contributed by atoms with Crippen LogP contribution in [0.4, 0.5) is 0 Å². The zero-order valence-electron chi connectivity index (χ0n) is 13.2. The minimum atomic E-state index is -0.463. The first kappa shape index (κ1) is 14.5. The van der Waals surface area contributed by atoms with E-state index in [0.29, 0.717) is 18.8 Å². The molecule has 0 aliphatic carbocycles. The molecule has 7 heteroatoms. The van der Waals surface area contributed by atoms with Gasteiger partial charge in [-0.05, 0) is 12.1 Å². The second-order valence-electron chi connectivity index (χ2n) is 5.88. The van der Waals surface area contributed by atoms with Gasteiger partial charge in [-0.2, -0.15) is 0 Å². The number of nitrogens with zero attached hydrogens (tertiary/aromatic N) is 3. The van der Waals surface area contributed by atoms with Gasteiger partial charge in [-0.3, -0.25) is 9.59 Å². The van der Waals surface area contributed by atoms with Gasteiger partial charge in [-0.25, -0.2) is 4.98 Å². The van der Waals surface area contributed by atoms with Crippen LogP contribution in [0.25, 0.3) is 10.9 Å². The fourth-order valence-corrected chi connectivity index (χ4v) is 3.18. The Hall–Kier alpha value is -3.09. The summed E-state index contributed by atoms with van der Waals surface area (Å²) >= 11 is 0. The van der Waals surface area contributed by atoms with Gasteiger partial charge >= 0.3 is 0 Å². The molecular formula is C17H17N5O2. The molecule has 0 saturated carbocycles. The number of rotatable bonds is 2. The topological polar surface area (TPSA) is 83.0 Å². The van der Waals surface area contributed by atoms with E-state index in [4.69, 9.17) is 0 Å². The van der Waals surface area contributed by atoms with Crippen molar-refractivity contribution in [2.45, 2.75) is 12.6 Å². The Morgan fingerprint density at radius 2 is 2.17 bits per heavy atom. The summed E-state index contributed by atoms with van der Waals surface area (Å²) in [6.45, 7) is 0.749. The molecule has 24 heavy (non-hydrogen) atoms. The number of hydrogen-bond acceptors (Lipinski definition) is 3. The molecule has 2 N–H and O–H groups in total. The lowest BCUT2D eigenvalue weighted by Gasteiger charge is -2.33. The number of H-pyrrole nitrogens is 1. The molecule has 1 aromatic carbocycles. The number of para-hydroxylation sites is 1. The molecule has 122 valence electrons. The van der Waals surface area contributed by atoms with Gasteiger partial charge in [0, 0.05) is 24.1 Å². The monoisotopic (exact) mass is 323 g/mol. The first-order valence-electron chi connectivity index (χ1n) is 7.76. The predicted molar refractivity (Wildman–Crippen MR) is 88.4 cm³/mol. The Bertz CT molecular complexity index is 893.